The third kappa shape index (κ3) is 3.23. The Labute approximate surface area is 82.6 Å². The molecule has 0 bridgehead atoms. The number of benzene rings is 1. The molecule has 0 unspecified atom stereocenters. The van der Waals surface area contributed by atoms with Crippen LogP contribution in [0, 0.1) is 0 Å². The van der Waals surface area contributed by atoms with Crippen LogP contribution >= 0.6 is 0 Å². The first kappa shape index (κ1) is 10.2. The highest BCUT2D eigenvalue weighted by Gasteiger charge is 1.86. The van der Waals surface area contributed by atoms with Gasteiger partial charge in [0, 0.05) is 18.5 Å². The Morgan fingerprint density at radius 2 is 1.79 bits per heavy atom. The SMILES string of the molecule is CC(N)=O.c1ccc2ncccc2c1. The summed E-state index contributed by atoms with van der Waals surface area (Å²) in [5.74, 6) is -0.333. The predicted molar refractivity (Wildman–Crippen MR) is 56.6 cm³/mol. The fraction of sp³-hybridized carbons (Fsp3) is 0.0909. The summed E-state index contributed by atoms with van der Waals surface area (Å²) in [6.07, 6.45) is 1.81. The average molecular weight is 188 g/mol. The molecule has 0 fully saturated rings. The topological polar surface area (TPSA) is 56.0 Å². The number of hydrogen-bond acceptors (Lipinski definition) is 2. The highest BCUT2D eigenvalue weighted by molar-refractivity contribution is 5.77. The van der Waals surface area contributed by atoms with Crippen molar-refractivity contribution in [2.75, 3.05) is 0 Å². The second-order valence-corrected chi connectivity index (χ2v) is 2.81. The van der Waals surface area contributed by atoms with Crippen LogP contribution in [0.3, 0.4) is 0 Å². The molecular formula is C11H12N2O. The highest BCUT2D eigenvalue weighted by Crippen LogP contribution is 2.07. The van der Waals surface area contributed by atoms with E-state index < -0.39 is 0 Å². The van der Waals surface area contributed by atoms with Crippen molar-refractivity contribution >= 4 is 16.8 Å². The lowest BCUT2D eigenvalue weighted by Crippen LogP contribution is -2.01. The third-order valence-electron chi connectivity index (χ3n) is 1.51. The molecule has 0 saturated heterocycles. The number of primary amides is 1. The van der Waals surface area contributed by atoms with Crippen LogP contribution in [0.5, 0.6) is 0 Å². The highest BCUT2D eigenvalue weighted by atomic mass is 16.1. The van der Waals surface area contributed by atoms with E-state index in [1.807, 2.05) is 30.5 Å². The van der Waals surface area contributed by atoms with Gasteiger partial charge >= 0.3 is 0 Å². The summed E-state index contributed by atoms with van der Waals surface area (Å²) < 4.78 is 0. The Balaban J connectivity index is 0.000000213. The summed E-state index contributed by atoms with van der Waals surface area (Å²) in [6, 6.07) is 12.1. The molecule has 0 spiro atoms. The van der Waals surface area contributed by atoms with Gasteiger partial charge in [-0.05, 0) is 12.1 Å². The van der Waals surface area contributed by atoms with E-state index in [1.54, 1.807) is 0 Å². The van der Waals surface area contributed by atoms with E-state index in [2.05, 4.69) is 22.9 Å². The first-order valence-electron chi connectivity index (χ1n) is 4.26. The third-order valence-corrected chi connectivity index (χ3v) is 1.51. The molecule has 0 atom stereocenters. The fourth-order valence-electron chi connectivity index (χ4n) is 1.02. The van der Waals surface area contributed by atoms with Gasteiger partial charge in [0.25, 0.3) is 0 Å². The molecular weight excluding hydrogens is 176 g/mol. The zero-order chi connectivity index (χ0) is 10.4. The predicted octanol–water partition coefficient (Wildman–Crippen LogP) is 1.73. The van der Waals surface area contributed by atoms with E-state index in [1.165, 1.54) is 12.3 Å². The Bertz CT molecular complexity index is 357. The molecule has 0 saturated carbocycles. The number of carbonyl (C=O) groups excluding carboxylic acids is 1. The second kappa shape index (κ2) is 4.97. The number of nitrogens with two attached hydrogens (primary N) is 1. The summed E-state index contributed by atoms with van der Waals surface area (Å²) in [5.41, 5.74) is 5.53. The first-order valence-corrected chi connectivity index (χ1v) is 4.26. The van der Waals surface area contributed by atoms with Crippen LogP contribution in [0.4, 0.5) is 0 Å². The number of hydrogen-bond donors (Lipinski definition) is 1. The summed E-state index contributed by atoms with van der Waals surface area (Å²) in [5, 5.41) is 1.20. The van der Waals surface area contributed by atoms with Crippen LogP contribution in [0.15, 0.2) is 42.6 Å². The van der Waals surface area contributed by atoms with Gasteiger partial charge in [0.05, 0.1) is 5.52 Å². The molecule has 0 aliphatic carbocycles. The molecule has 72 valence electrons. The number of para-hydroxylation sites is 1. The number of amides is 1. The lowest BCUT2D eigenvalue weighted by atomic mass is 10.2. The minimum absolute atomic E-state index is 0.333. The van der Waals surface area contributed by atoms with Crippen molar-refractivity contribution in [1.29, 1.82) is 0 Å². The largest absolute Gasteiger partial charge is 0.370 e. The van der Waals surface area contributed by atoms with E-state index in [0.29, 0.717) is 0 Å². The van der Waals surface area contributed by atoms with Crippen LogP contribution in [0.25, 0.3) is 10.9 Å². The molecule has 0 aliphatic rings. The van der Waals surface area contributed by atoms with Gasteiger partial charge in [-0.15, -0.1) is 0 Å². The zero-order valence-electron chi connectivity index (χ0n) is 7.97. The summed E-state index contributed by atoms with van der Waals surface area (Å²) in [7, 11) is 0. The molecule has 1 aromatic carbocycles. The monoisotopic (exact) mass is 188 g/mol. The number of rotatable bonds is 0. The molecule has 3 nitrogen and oxygen atoms in total. The van der Waals surface area contributed by atoms with E-state index in [0.717, 1.165) is 5.52 Å². The Kier molecular flexibility index (Phi) is 3.61. The van der Waals surface area contributed by atoms with Crippen LogP contribution in [0.1, 0.15) is 6.92 Å². The molecule has 1 heterocycles. The van der Waals surface area contributed by atoms with E-state index in [9.17, 15) is 4.79 Å². The summed E-state index contributed by atoms with van der Waals surface area (Å²) >= 11 is 0. The quantitative estimate of drug-likeness (QED) is 0.684. The van der Waals surface area contributed by atoms with Crippen molar-refractivity contribution in [3.05, 3.63) is 42.6 Å². The van der Waals surface area contributed by atoms with Crippen LogP contribution in [-0.4, -0.2) is 10.9 Å². The van der Waals surface area contributed by atoms with Crippen molar-refractivity contribution in [3.63, 3.8) is 0 Å². The van der Waals surface area contributed by atoms with Crippen molar-refractivity contribution < 1.29 is 4.79 Å². The number of nitrogens with zero attached hydrogens (tertiary/aromatic N) is 1. The number of aromatic nitrogens is 1. The fourth-order valence-corrected chi connectivity index (χ4v) is 1.02. The van der Waals surface area contributed by atoms with Crippen LogP contribution in [-0.2, 0) is 4.79 Å². The van der Waals surface area contributed by atoms with Gasteiger partial charge < -0.3 is 5.73 Å². The van der Waals surface area contributed by atoms with E-state index in [4.69, 9.17) is 0 Å². The van der Waals surface area contributed by atoms with Gasteiger partial charge in [-0.2, -0.15) is 0 Å². The van der Waals surface area contributed by atoms with Crippen LogP contribution < -0.4 is 5.73 Å². The maximum absolute atomic E-state index is 9.22. The maximum Gasteiger partial charge on any atom is 0.214 e. The second-order valence-electron chi connectivity index (χ2n) is 2.81. The zero-order valence-corrected chi connectivity index (χ0v) is 7.97. The standard InChI is InChI=1S/C9H7N.C2H5NO/c1-2-6-9-8(4-1)5-3-7-10-9;1-2(3)4/h1-7H;1H3,(H2,3,4). The molecule has 0 aliphatic heterocycles. The smallest absolute Gasteiger partial charge is 0.214 e. The van der Waals surface area contributed by atoms with Gasteiger partial charge in [0.1, 0.15) is 0 Å². The maximum atomic E-state index is 9.22. The summed E-state index contributed by atoms with van der Waals surface area (Å²) in [6.45, 7) is 1.31. The Morgan fingerprint density at radius 1 is 1.21 bits per heavy atom. The van der Waals surface area contributed by atoms with Crippen molar-refractivity contribution in [3.8, 4) is 0 Å². The molecule has 3 heteroatoms. The number of carbonyl (C=O) groups is 1. The summed E-state index contributed by atoms with van der Waals surface area (Å²) in [4.78, 5) is 13.4. The minimum Gasteiger partial charge on any atom is -0.370 e. The Morgan fingerprint density at radius 3 is 2.43 bits per heavy atom. The number of pyridine rings is 1. The first-order chi connectivity index (χ1) is 6.70. The lowest BCUT2D eigenvalue weighted by Gasteiger charge is -1.91. The van der Waals surface area contributed by atoms with Crippen molar-refractivity contribution in [1.82, 2.24) is 4.98 Å². The van der Waals surface area contributed by atoms with Crippen LogP contribution in [0.2, 0.25) is 0 Å². The van der Waals surface area contributed by atoms with Crippen molar-refractivity contribution in [2.24, 2.45) is 5.73 Å². The molecule has 1 amide bonds. The van der Waals surface area contributed by atoms with E-state index >= 15 is 0 Å². The average Bonchev–Trinajstić information content (AvgIpc) is 2.17. The molecule has 0 radical (unpaired) electrons. The van der Waals surface area contributed by atoms with Gasteiger partial charge in [0.15, 0.2) is 0 Å². The lowest BCUT2D eigenvalue weighted by molar-refractivity contribution is -0.115. The van der Waals surface area contributed by atoms with Gasteiger partial charge in [0.2, 0.25) is 5.91 Å². The number of fused-ring (bicyclic) bond motifs is 1. The Hall–Kier alpha value is -1.90. The minimum atomic E-state index is -0.333. The normalized spacial score (nSPS) is 8.93. The molecule has 14 heavy (non-hydrogen) atoms. The van der Waals surface area contributed by atoms with Gasteiger partial charge in [-0.1, -0.05) is 24.3 Å². The van der Waals surface area contributed by atoms with Gasteiger partial charge in [-0.3, -0.25) is 9.78 Å². The molecule has 2 aromatic rings. The molecule has 2 N–H and O–H groups in total. The van der Waals surface area contributed by atoms with Gasteiger partial charge in [-0.25, -0.2) is 0 Å². The molecule has 2 rings (SSSR count). The van der Waals surface area contributed by atoms with E-state index in [-0.39, 0.29) is 5.91 Å². The molecule has 1 aromatic heterocycles. The van der Waals surface area contributed by atoms with Crippen molar-refractivity contribution in [2.45, 2.75) is 6.92 Å².